The number of nitrogens with one attached hydrogen (secondary N) is 1. The van der Waals surface area contributed by atoms with Gasteiger partial charge in [-0.1, -0.05) is 48.9 Å². The Labute approximate surface area is 211 Å². The molecular weight excluding hydrogens is 455 g/mol. The highest BCUT2D eigenvalue weighted by Gasteiger charge is 2.39. The average molecular weight is 487 g/mol. The third-order valence-electron chi connectivity index (χ3n) is 6.98. The van der Waals surface area contributed by atoms with Crippen molar-refractivity contribution < 1.29 is 18.7 Å². The van der Waals surface area contributed by atoms with Gasteiger partial charge in [-0.3, -0.25) is 9.59 Å². The van der Waals surface area contributed by atoms with E-state index in [-0.39, 0.29) is 23.8 Å². The normalized spacial score (nSPS) is 17.8. The van der Waals surface area contributed by atoms with Crippen LogP contribution in [0.1, 0.15) is 54.5 Å². The summed E-state index contributed by atoms with van der Waals surface area (Å²) in [4.78, 5) is 28.1. The van der Waals surface area contributed by atoms with Crippen LogP contribution in [0, 0.1) is 18.7 Å². The van der Waals surface area contributed by atoms with Crippen molar-refractivity contribution in [2.75, 3.05) is 11.9 Å². The fraction of sp³-hybridized carbons (Fsp3) is 0.333. The summed E-state index contributed by atoms with van der Waals surface area (Å²) in [6, 6.07) is 19.9. The Morgan fingerprint density at radius 2 is 1.86 bits per heavy atom. The number of anilines is 1. The lowest BCUT2D eigenvalue weighted by Crippen LogP contribution is -2.41. The van der Waals surface area contributed by atoms with Crippen LogP contribution in [-0.2, 0) is 16.0 Å². The van der Waals surface area contributed by atoms with Gasteiger partial charge >= 0.3 is 0 Å². The first-order valence-corrected chi connectivity index (χ1v) is 12.7. The first-order valence-electron chi connectivity index (χ1n) is 12.7. The summed E-state index contributed by atoms with van der Waals surface area (Å²) in [6.07, 6.45) is 2.42. The van der Waals surface area contributed by atoms with E-state index in [1.165, 1.54) is 23.3 Å². The van der Waals surface area contributed by atoms with Crippen LogP contribution in [0.5, 0.6) is 5.75 Å². The molecule has 2 unspecified atom stereocenters. The van der Waals surface area contributed by atoms with Crippen molar-refractivity contribution in [1.29, 1.82) is 0 Å². The molecule has 1 fully saturated rings. The summed E-state index contributed by atoms with van der Waals surface area (Å²) in [5, 5.41) is 2.74. The van der Waals surface area contributed by atoms with Crippen LogP contribution in [0.2, 0.25) is 0 Å². The van der Waals surface area contributed by atoms with Crippen molar-refractivity contribution in [3.63, 3.8) is 0 Å². The maximum atomic E-state index is 13.5. The minimum Gasteiger partial charge on any atom is -0.481 e. The molecule has 36 heavy (non-hydrogen) atoms. The van der Waals surface area contributed by atoms with Crippen LogP contribution < -0.4 is 10.1 Å². The highest BCUT2D eigenvalue weighted by molar-refractivity contribution is 5.94. The zero-order valence-electron chi connectivity index (χ0n) is 20.7. The molecule has 2 atom stereocenters. The second kappa shape index (κ2) is 10.1. The van der Waals surface area contributed by atoms with E-state index in [4.69, 9.17) is 4.74 Å². The molecular formula is C30H31FN2O3. The van der Waals surface area contributed by atoms with Crippen molar-refractivity contribution in [3.8, 4) is 5.75 Å². The molecule has 0 bridgehead atoms. The molecule has 0 saturated heterocycles. The summed E-state index contributed by atoms with van der Waals surface area (Å²) < 4.78 is 19.7. The van der Waals surface area contributed by atoms with E-state index in [0.29, 0.717) is 24.4 Å². The maximum absolute atomic E-state index is 13.5. The number of carbonyl (C=O) groups is 2. The van der Waals surface area contributed by atoms with Gasteiger partial charge in [-0.05, 0) is 79.6 Å². The lowest BCUT2D eigenvalue weighted by Gasteiger charge is -2.38. The first-order chi connectivity index (χ1) is 17.4. The number of hydrogen-bond acceptors (Lipinski definition) is 3. The Balaban J connectivity index is 1.42. The molecule has 2 amide bonds. The zero-order valence-corrected chi connectivity index (χ0v) is 20.7. The van der Waals surface area contributed by atoms with Crippen LogP contribution in [0.4, 0.5) is 10.1 Å². The summed E-state index contributed by atoms with van der Waals surface area (Å²) in [5.41, 5.74) is 4.86. The highest BCUT2D eigenvalue weighted by atomic mass is 19.1. The van der Waals surface area contributed by atoms with Gasteiger partial charge in [0.25, 0.3) is 5.91 Å². The maximum Gasteiger partial charge on any atom is 0.265 e. The van der Waals surface area contributed by atoms with E-state index in [9.17, 15) is 14.0 Å². The average Bonchev–Trinajstić information content (AvgIpc) is 3.72. The Morgan fingerprint density at radius 3 is 2.56 bits per heavy atom. The van der Waals surface area contributed by atoms with E-state index < -0.39 is 11.9 Å². The Hall–Kier alpha value is -3.67. The Bertz CT molecular complexity index is 1270. The van der Waals surface area contributed by atoms with Crippen LogP contribution in [0.3, 0.4) is 0 Å². The molecule has 0 aromatic heterocycles. The molecule has 6 heteroatoms. The van der Waals surface area contributed by atoms with E-state index in [1.807, 2.05) is 30.0 Å². The minimum atomic E-state index is -0.739. The van der Waals surface area contributed by atoms with Gasteiger partial charge < -0.3 is 15.0 Å². The SMILES string of the molecule is CCC(Oc1ccc2c(c1)C(c1ccc(C)cc1)N(C(=O)C1CC1)CC2)C(=O)Nc1cccc(F)c1. The topological polar surface area (TPSA) is 58.6 Å². The van der Waals surface area contributed by atoms with Crippen molar-refractivity contribution >= 4 is 17.5 Å². The number of halogens is 1. The van der Waals surface area contributed by atoms with Gasteiger partial charge in [-0.2, -0.15) is 0 Å². The number of rotatable bonds is 7. The quantitative estimate of drug-likeness (QED) is 0.458. The highest BCUT2D eigenvalue weighted by Crippen LogP contribution is 2.41. The van der Waals surface area contributed by atoms with Crippen molar-refractivity contribution in [1.82, 2.24) is 4.90 Å². The van der Waals surface area contributed by atoms with Gasteiger partial charge in [0.15, 0.2) is 6.10 Å². The van der Waals surface area contributed by atoms with E-state index >= 15 is 0 Å². The molecule has 1 aliphatic carbocycles. The molecule has 3 aromatic rings. The summed E-state index contributed by atoms with van der Waals surface area (Å²) in [6.45, 7) is 4.62. The second-order valence-corrected chi connectivity index (χ2v) is 9.74. The smallest absolute Gasteiger partial charge is 0.265 e. The van der Waals surface area contributed by atoms with Crippen LogP contribution in [0.25, 0.3) is 0 Å². The number of benzene rings is 3. The first kappa shape index (κ1) is 24.0. The van der Waals surface area contributed by atoms with E-state index in [1.54, 1.807) is 12.1 Å². The molecule has 1 saturated carbocycles. The lowest BCUT2D eigenvalue weighted by atomic mass is 9.87. The van der Waals surface area contributed by atoms with Gasteiger partial charge in [-0.25, -0.2) is 4.39 Å². The third kappa shape index (κ3) is 5.13. The lowest BCUT2D eigenvalue weighted by molar-refractivity contribution is -0.134. The van der Waals surface area contributed by atoms with Gasteiger partial charge in [0.05, 0.1) is 6.04 Å². The Morgan fingerprint density at radius 1 is 1.08 bits per heavy atom. The van der Waals surface area contributed by atoms with Crippen LogP contribution in [-0.4, -0.2) is 29.4 Å². The number of ether oxygens (including phenoxy) is 1. The van der Waals surface area contributed by atoms with Gasteiger partial charge in [-0.15, -0.1) is 0 Å². The van der Waals surface area contributed by atoms with Gasteiger partial charge in [0, 0.05) is 18.2 Å². The fourth-order valence-corrected chi connectivity index (χ4v) is 4.85. The molecule has 1 heterocycles. The minimum absolute atomic E-state index is 0.134. The molecule has 5 rings (SSSR count). The number of fused-ring (bicyclic) bond motifs is 1. The number of nitrogens with zero attached hydrogens (tertiary/aromatic N) is 1. The molecule has 0 radical (unpaired) electrons. The van der Waals surface area contributed by atoms with Crippen molar-refractivity contribution in [2.24, 2.45) is 5.92 Å². The molecule has 0 spiro atoms. The Kier molecular flexibility index (Phi) is 6.77. The molecule has 3 aromatic carbocycles. The van der Waals surface area contributed by atoms with E-state index in [0.717, 1.165) is 30.4 Å². The zero-order chi connectivity index (χ0) is 25.2. The van der Waals surface area contributed by atoms with Crippen molar-refractivity contribution in [3.05, 3.63) is 94.8 Å². The number of carbonyl (C=O) groups excluding carboxylic acids is 2. The van der Waals surface area contributed by atoms with Crippen molar-refractivity contribution in [2.45, 2.75) is 51.7 Å². The third-order valence-corrected chi connectivity index (χ3v) is 6.98. The predicted octanol–water partition coefficient (Wildman–Crippen LogP) is 5.81. The predicted molar refractivity (Wildman–Crippen MR) is 137 cm³/mol. The number of hydrogen-bond donors (Lipinski definition) is 1. The summed E-state index contributed by atoms with van der Waals surface area (Å²) >= 11 is 0. The van der Waals surface area contributed by atoms with E-state index in [2.05, 4.69) is 36.5 Å². The molecule has 1 aliphatic heterocycles. The second-order valence-electron chi connectivity index (χ2n) is 9.74. The van der Waals surface area contributed by atoms with Gasteiger partial charge in [0.2, 0.25) is 5.91 Å². The molecule has 1 N–H and O–H groups in total. The molecule has 5 nitrogen and oxygen atoms in total. The number of amides is 2. The molecule has 2 aliphatic rings. The fourth-order valence-electron chi connectivity index (χ4n) is 4.85. The van der Waals surface area contributed by atoms with Crippen LogP contribution >= 0.6 is 0 Å². The standard InChI is InChI=1S/C30H31FN2O3/c1-3-27(29(34)32-24-6-4-5-23(31)17-24)36-25-14-13-20-15-16-33(30(35)22-11-12-22)28(26(20)18-25)21-9-7-19(2)8-10-21/h4-10,13-14,17-18,22,27-28H,3,11-12,15-16H2,1-2H3,(H,32,34). The van der Waals surface area contributed by atoms with Gasteiger partial charge in [0.1, 0.15) is 11.6 Å². The molecule has 186 valence electrons. The number of aryl methyl sites for hydroxylation is 1. The van der Waals surface area contributed by atoms with Crippen LogP contribution in [0.15, 0.2) is 66.7 Å². The summed E-state index contributed by atoms with van der Waals surface area (Å²) in [5.74, 6) is 0.187. The summed E-state index contributed by atoms with van der Waals surface area (Å²) in [7, 11) is 0. The monoisotopic (exact) mass is 486 g/mol. The largest absolute Gasteiger partial charge is 0.481 e.